The van der Waals surface area contributed by atoms with Crippen LogP contribution in [0.1, 0.15) is 27.5 Å². The molecule has 0 aliphatic carbocycles. The number of carbonyl (C=O) groups excluding carboxylic acids is 1. The van der Waals surface area contributed by atoms with Crippen molar-refractivity contribution in [3.63, 3.8) is 0 Å². The van der Waals surface area contributed by atoms with Crippen molar-refractivity contribution in [2.24, 2.45) is 12.0 Å². The van der Waals surface area contributed by atoms with E-state index in [0.29, 0.717) is 32.9 Å². The molecular formula is C27H22Cl3N6O+. The molecule has 0 saturated carbocycles. The number of rotatable bonds is 6. The Kier molecular flexibility index (Phi) is 8.47. The molecule has 7 nitrogen and oxygen atoms in total. The van der Waals surface area contributed by atoms with Crippen LogP contribution in [-0.4, -0.2) is 16.4 Å². The lowest BCUT2D eigenvalue weighted by atomic mass is 10.1. The fraction of sp³-hybridized carbons (Fsp3) is 0.111. The second-order valence-corrected chi connectivity index (χ2v) is 9.51. The molecule has 0 aliphatic heterocycles. The molecule has 1 unspecified atom stereocenters. The van der Waals surface area contributed by atoms with Gasteiger partial charge >= 0.3 is 0 Å². The van der Waals surface area contributed by atoms with Crippen LogP contribution in [0.2, 0.25) is 15.1 Å². The summed E-state index contributed by atoms with van der Waals surface area (Å²) in [6.45, 7) is 0.474. The zero-order valence-corrected chi connectivity index (χ0v) is 22.0. The quantitative estimate of drug-likeness (QED) is 0.180. The third kappa shape index (κ3) is 7.11. The number of hydrogen-bond donors (Lipinski definition) is 2. The van der Waals surface area contributed by atoms with Crippen LogP contribution in [0.4, 0.5) is 5.69 Å². The van der Waals surface area contributed by atoms with Crippen molar-refractivity contribution in [2.45, 2.75) is 12.6 Å². The highest BCUT2D eigenvalue weighted by molar-refractivity contribution is 6.35. The standard InChI is InChI=1S/C27H21Cl3N6O/c1-35-11-12-36(17-35)16-25(23-10-7-21(29)14-24(23)30)33-27(32-22-8-5-20(28)6-9-22)34-26(37)19-4-2-3-18(13-19)15-31/h2-14,17,25H,16H2,1H3,(H-,32,33,34,37)/p+1. The van der Waals surface area contributed by atoms with Crippen LogP contribution in [0.25, 0.3) is 0 Å². The molecule has 186 valence electrons. The van der Waals surface area contributed by atoms with Gasteiger partial charge in [0.2, 0.25) is 12.3 Å². The number of benzene rings is 3. The molecule has 4 aromatic rings. The first-order valence-electron chi connectivity index (χ1n) is 11.2. The van der Waals surface area contributed by atoms with Crippen LogP contribution >= 0.6 is 34.8 Å². The third-order valence-electron chi connectivity index (χ3n) is 5.42. The molecule has 0 bridgehead atoms. The number of nitrogens with zero attached hydrogens (tertiary/aromatic N) is 4. The summed E-state index contributed by atoms with van der Waals surface area (Å²) in [6, 6.07) is 20.3. The first-order chi connectivity index (χ1) is 17.8. The first kappa shape index (κ1) is 26.2. The van der Waals surface area contributed by atoms with Gasteiger partial charge in [0.1, 0.15) is 18.9 Å². The topological polar surface area (TPSA) is 86.1 Å². The van der Waals surface area contributed by atoms with Gasteiger partial charge in [-0.15, -0.1) is 0 Å². The van der Waals surface area contributed by atoms with Crippen molar-refractivity contribution in [1.29, 1.82) is 5.26 Å². The Morgan fingerprint density at radius 1 is 1.08 bits per heavy atom. The van der Waals surface area contributed by atoms with Gasteiger partial charge in [0, 0.05) is 26.3 Å². The second kappa shape index (κ2) is 11.9. The second-order valence-electron chi connectivity index (χ2n) is 8.23. The van der Waals surface area contributed by atoms with E-state index in [-0.39, 0.29) is 11.5 Å². The van der Waals surface area contributed by atoms with E-state index >= 15 is 0 Å². The Morgan fingerprint density at radius 3 is 2.51 bits per heavy atom. The van der Waals surface area contributed by atoms with Crippen LogP contribution in [0.3, 0.4) is 0 Å². The third-order valence-corrected chi connectivity index (χ3v) is 6.24. The molecule has 0 radical (unpaired) electrons. The van der Waals surface area contributed by atoms with Gasteiger partial charge in [-0.2, -0.15) is 10.3 Å². The van der Waals surface area contributed by atoms with E-state index in [1.54, 1.807) is 54.6 Å². The van der Waals surface area contributed by atoms with Gasteiger partial charge in [-0.05, 0) is 60.2 Å². The van der Waals surface area contributed by atoms with E-state index in [0.717, 1.165) is 5.56 Å². The summed E-state index contributed by atoms with van der Waals surface area (Å²) in [4.78, 5) is 17.4. The van der Waals surface area contributed by atoms with Crippen molar-refractivity contribution in [2.75, 3.05) is 5.32 Å². The Labute approximate surface area is 229 Å². The molecule has 1 heterocycles. The molecular weight excluding hydrogens is 531 g/mol. The van der Waals surface area contributed by atoms with Crippen molar-refractivity contribution in [3.8, 4) is 6.07 Å². The van der Waals surface area contributed by atoms with Gasteiger partial charge in [0.25, 0.3) is 5.91 Å². The number of anilines is 1. The lowest BCUT2D eigenvalue weighted by Gasteiger charge is -2.22. The summed E-state index contributed by atoms with van der Waals surface area (Å²) >= 11 is 18.8. The molecule has 4 rings (SSSR count). The highest BCUT2D eigenvalue weighted by Crippen LogP contribution is 2.28. The lowest BCUT2D eigenvalue weighted by Crippen LogP contribution is -2.37. The van der Waals surface area contributed by atoms with Gasteiger partial charge < -0.3 is 10.6 Å². The maximum absolute atomic E-state index is 13.1. The predicted octanol–water partition coefficient (Wildman–Crippen LogP) is 5.78. The molecule has 1 amide bonds. The van der Waals surface area contributed by atoms with E-state index in [2.05, 4.69) is 15.6 Å². The molecule has 1 atom stereocenters. The largest absolute Gasteiger partial charge is 0.345 e. The molecule has 3 aromatic carbocycles. The van der Waals surface area contributed by atoms with E-state index in [4.69, 9.17) is 34.8 Å². The molecule has 0 saturated heterocycles. The number of aromatic nitrogens is 2. The van der Waals surface area contributed by atoms with Crippen LogP contribution in [-0.2, 0) is 13.6 Å². The molecule has 2 N–H and O–H groups in total. The summed E-state index contributed by atoms with van der Waals surface area (Å²) in [5.41, 5.74) is 2.09. The number of carbonyl (C=O) groups is 1. The number of aliphatic imine (C=N–C) groups is 1. The van der Waals surface area contributed by atoms with Gasteiger partial charge in [0.15, 0.2) is 0 Å². The number of guanidine groups is 1. The van der Waals surface area contributed by atoms with E-state index < -0.39 is 11.9 Å². The molecule has 0 spiro atoms. The van der Waals surface area contributed by atoms with E-state index in [1.807, 2.05) is 47.0 Å². The van der Waals surface area contributed by atoms with Gasteiger partial charge in [0.05, 0.1) is 24.7 Å². The summed E-state index contributed by atoms with van der Waals surface area (Å²) in [7, 11) is 1.93. The average Bonchev–Trinajstić information content (AvgIpc) is 3.29. The Bertz CT molecular complexity index is 1490. The fourth-order valence-electron chi connectivity index (χ4n) is 3.65. The minimum atomic E-state index is -0.519. The average molecular weight is 553 g/mol. The first-order valence-corrected chi connectivity index (χ1v) is 12.3. The highest BCUT2D eigenvalue weighted by Gasteiger charge is 2.21. The molecule has 0 aliphatic rings. The number of hydrogen-bond acceptors (Lipinski definition) is 2. The van der Waals surface area contributed by atoms with Crippen molar-refractivity contribution < 1.29 is 9.36 Å². The molecule has 10 heteroatoms. The molecule has 0 fully saturated rings. The van der Waals surface area contributed by atoms with Gasteiger partial charge in [-0.1, -0.05) is 46.9 Å². The Morgan fingerprint density at radius 2 is 1.84 bits per heavy atom. The zero-order valence-electron chi connectivity index (χ0n) is 19.7. The number of halogens is 3. The van der Waals surface area contributed by atoms with E-state index in [9.17, 15) is 10.1 Å². The van der Waals surface area contributed by atoms with Crippen LogP contribution in [0, 0.1) is 11.3 Å². The smallest absolute Gasteiger partial charge is 0.280 e. The number of nitrogens with one attached hydrogen (secondary N) is 2. The maximum Gasteiger partial charge on any atom is 0.280 e. The number of amides is 1. The number of aryl methyl sites for hydroxylation is 1. The zero-order chi connectivity index (χ0) is 26.4. The normalized spacial score (nSPS) is 12.0. The van der Waals surface area contributed by atoms with Crippen molar-refractivity contribution >= 4 is 52.4 Å². The van der Waals surface area contributed by atoms with Crippen LogP contribution < -0.4 is 15.2 Å². The monoisotopic (exact) mass is 551 g/mol. The van der Waals surface area contributed by atoms with Crippen molar-refractivity contribution in [1.82, 2.24) is 9.88 Å². The van der Waals surface area contributed by atoms with Gasteiger partial charge in [-0.3, -0.25) is 4.79 Å². The summed E-state index contributed by atoms with van der Waals surface area (Å²) in [5.74, 6) is -0.323. The lowest BCUT2D eigenvalue weighted by molar-refractivity contribution is -0.671. The van der Waals surface area contributed by atoms with Crippen LogP contribution in [0.5, 0.6) is 0 Å². The number of nitriles is 1. The fourth-order valence-corrected chi connectivity index (χ4v) is 4.31. The summed E-state index contributed by atoms with van der Waals surface area (Å²) in [5, 5.41) is 17.3. The van der Waals surface area contributed by atoms with Gasteiger partial charge in [-0.25, -0.2) is 9.13 Å². The van der Waals surface area contributed by atoms with Crippen LogP contribution in [0.15, 0.2) is 90.4 Å². The minimum Gasteiger partial charge on any atom is -0.345 e. The maximum atomic E-state index is 13.1. The minimum absolute atomic E-state index is 0.197. The van der Waals surface area contributed by atoms with E-state index in [1.165, 1.54) is 6.07 Å². The highest BCUT2D eigenvalue weighted by atomic mass is 35.5. The Hall–Kier alpha value is -3.83. The summed E-state index contributed by atoms with van der Waals surface area (Å²) in [6.07, 6.45) is 5.79. The Balaban J connectivity index is 1.73. The predicted molar refractivity (Wildman–Crippen MR) is 146 cm³/mol. The summed E-state index contributed by atoms with van der Waals surface area (Å²) < 4.78 is 3.91. The molecule has 1 aromatic heterocycles. The SMILES string of the molecule is C[n+]1ccn(CC(N/C(=N/C(=O)c2cccc(C#N)c2)Nc2ccc(Cl)cc2)c2ccc(Cl)cc2Cl)c1. The molecule has 37 heavy (non-hydrogen) atoms. The van der Waals surface area contributed by atoms with Crippen molar-refractivity contribution in [3.05, 3.63) is 117 Å². The number of imidazole rings is 1.